The van der Waals surface area contributed by atoms with Crippen molar-refractivity contribution in [2.24, 2.45) is 5.14 Å². The molecule has 18 heavy (non-hydrogen) atoms. The highest BCUT2D eigenvalue weighted by molar-refractivity contribution is 7.89. The summed E-state index contributed by atoms with van der Waals surface area (Å²) in [6.07, 6.45) is 0.888. The van der Waals surface area contributed by atoms with E-state index >= 15 is 0 Å². The number of benzene rings is 1. The van der Waals surface area contributed by atoms with Crippen molar-refractivity contribution in [2.45, 2.75) is 11.3 Å². The van der Waals surface area contributed by atoms with Crippen LogP contribution < -0.4 is 15.8 Å². The SMILES string of the molecule is Nc1ccc(S(N)(=O)=O)cc1N1CCCOCC1. The maximum atomic E-state index is 11.3. The summed E-state index contributed by atoms with van der Waals surface area (Å²) in [6, 6.07) is 4.51. The van der Waals surface area contributed by atoms with Crippen LogP contribution >= 0.6 is 0 Å². The van der Waals surface area contributed by atoms with Gasteiger partial charge < -0.3 is 15.4 Å². The second-order valence-corrected chi connectivity index (χ2v) is 5.78. The molecule has 0 radical (unpaired) electrons. The van der Waals surface area contributed by atoms with Crippen molar-refractivity contribution in [3.05, 3.63) is 18.2 Å². The fourth-order valence-corrected chi connectivity index (χ4v) is 2.49. The third-order valence-corrected chi connectivity index (χ3v) is 3.80. The lowest BCUT2D eigenvalue weighted by molar-refractivity contribution is 0.152. The fraction of sp³-hybridized carbons (Fsp3) is 0.455. The molecule has 1 fully saturated rings. The van der Waals surface area contributed by atoms with Crippen LogP contribution in [0.4, 0.5) is 11.4 Å². The highest BCUT2D eigenvalue weighted by atomic mass is 32.2. The topological polar surface area (TPSA) is 98.7 Å². The number of ether oxygens (including phenoxy) is 1. The molecule has 0 spiro atoms. The van der Waals surface area contributed by atoms with E-state index in [1.54, 1.807) is 6.07 Å². The van der Waals surface area contributed by atoms with Gasteiger partial charge in [0.2, 0.25) is 10.0 Å². The van der Waals surface area contributed by atoms with Gasteiger partial charge in [0.05, 0.1) is 22.9 Å². The number of anilines is 2. The second kappa shape index (κ2) is 5.13. The van der Waals surface area contributed by atoms with E-state index in [-0.39, 0.29) is 4.90 Å². The van der Waals surface area contributed by atoms with Gasteiger partial charge in [-0.2, -0.15) is 0 Å². The van der Waals surface area contributed by atoms with E-state index < -0.39 is 10.0 Å². The van der Waals surface area contributed by atoms with Crippen molar-refractivity contribution in [1.29, 1.82) is 0 Å². The highest BCUT2D eigenvalue weighted by Gasteiger charge is 2.16. The largest absolute Gasteiger partial charge is 0.397 e. The standard InChI is InChI=1S/C11H17N3O3S/c12-10-3-2-9(18(13,15)16)8-11(10)14-4-1-6-17-7-5-14/h2-3,8H,1,4-7,12H2,(H2,13,15,16). The van der Waals surface area contributed by atoms with E-state index in [1.165, 1.54) is 12.1 Å². The molecule has 0 atom stereocenters. The van der Waals surface area contributed by atoms with Crippen molar-refractivity contribution >= 4 is 21.4 Å². The van der Waals surface area contributed by atoms with Crippen LogP contribution in [0, 0.1) is 0 Å². The molecule has 0 bridgehead atoms. The highest BCUT2D eigenvalue weighted by Crippen LogP contribution is 2.26. The monoisotopic (exact) mass is 271 g/mol. The van der Waals surface area contributed by atoms with Crippen molar-refractivity contribution in [3.8, 4) is 0 Å². The Labute approximate surface area is 107 Å². The number of primary sulfonamides is 1. The maximum absolute atomic E-state index is 11.3. The van der Waals surface area contributed by atoms with Crippen LogP contribution in [0.25, 0.3) is 0 Å². The summed E-state index contributed by atoms with van der Waals surface area (Å²) in [5, 5.41) is 5.12. The summed E-state index contributed by atoms with van der Waals surface area (Å²) >= 11 is 0. The van der Waals surface area contributed by atoms with Crippen molar-refractivity contribution in [2.75, 3.05) is 36.9 Å². The first kappa shape index (κ1) is 13.1. The fourth-order valence-electron chi connectivity index (χ4n) is 1.96. The van der Waals surface area contributed by atoms with Gasteiger partial charge in [-0.15, -0.1) is 0 Å². The lowest BCUT2D eigenvalue weighted by atomic mass is 10.2. The van der Waals surface area contributed by atoms with Gasteiger partial charge >= 0.3 is 0 Å². The lowest BCUT2D eigenvalue weighted by Crippen LogP contribution is -2.27. The van der Waals surface area contributed by atoms with E-state index in [4.69, 9.17) is 15.6 Å². The molecule has 2 rings (SSSR count). The molecular weight excluding hydrogens is 254 g/mol. The minimum absolute atomic E-state index is 0.0804. The molecule has 1 aromatic rings. The van der Waals surface area contributed by atoms with E-state index in [2.05, 4.69) is 0 Å². The molecule has 6 nitrogen and oxygen atoms in total. The number of rotatable bonds is 2. The molecule has 1 aliphatic heterocycles. The van der Waals surface area contributed by atoms with Crippen LogP contribution in [0.2, 0.25) is 0 Å². The van der Waals surface area contributed by atoms with Gasteiger partial charge in [0, 0.05) is 19.7 Å². The van der Waals surface area contributed by atoms with Gasteiger partial charge in [-0.1, -0.05) is 0 Å². The van der Waals surface area contributed by atoms with Gasteiger partial charge in [0.15, 0.2) is 0 Å². The Balaban J connectivity index is 2.36. The summed E-state index contributed by atoms with van der Waals surface area (Å²) in [5.74, 6) is 0. The number of nitrogen functional groups attached to an aromatic ring is 1. The number of nitrogens with zero attached hydrogens (tertiary/aromatic N) is 1. The molecule has 4 N–H and O–H groups in total. The summed E-state index contributed by atoms with van der Waals surface area (Å²) in [6.45, 7) is 2.81. The quantitative estimate of drug-likeness (QED) is 0.746. The normalized spacial score (nSPS) is 17.5. The number of hydrogen-bond acceptors (Lipinski definition) is 5. The summed E-state index contributed by atoms with van der Waals surface area (Å²) < 4.78 is 28.0. The number of nitrogens with two attached hydrogens (primary N) is 2. The van der Waals surface area contributed by atoms with Crippen LogP contribution in [0.5, 0.6) is 0 Å². The summed E-state index contributed by atoms with van der Waals surface area (Å²) in [7, 11) is -3.70. The molecule has 7 heteroatoms. The average molecular weight is 271 g/mol. The Morgan fingerprint density at radius 3 is 2.72 bits per heavy atom. The molecule has 0 amide bonds. The van der Waals surface area contributed by atoms with E-state index in [0.717, 1.165) is 13.0 Å². The Kier molecular flexibility index (Phi) is 3.74. The molecule has 1 aromatic carbocycles. The Morgan fingerprint density at radius 1 is 1.22 bits per heavy atom. The average Bonchev–Trinajstić information content (AvgIpc) is 2.56. The van der Waals surface area contributed by atoms with Crippen molar-refractivity contribution in [3.63, 3.8) is 0 Å². The molecule has 0 aromatic heterocycles. The Morgan fingerprint density at radius 2 is 2.00 bits per heavy atom. The Hall–Kier alpha value is -1.31. The molecule has 1 heterocycles. The molecule has 0 saturated carbocycles. The predicted octanol–water partition coefficient (Wildman–Crippen LogP) is 0.143. The third kappa shape index (κ3) is 2.92. The Bertz CT molecular complexity index is 522. The van der Waals surface area contributed by atoms with Gasteiger partial charge in [-0.05, 0) is 24.6 Å². The second-order valence-electron chi connectivity index (χ2n) is 4.22. The van der Waals surface area contributed by atoms with Gasteiger partial charge in [0.1, 0.15) is 0 Å². The molecule has 0 aliphatic carbocycles. The first-order valence-electron chi connectivity index (χ1n) is 5.73. The first-order valence-corrected chi connectivity index (χ1v) is 7.28. The minimum Gasteiger partial charge on any atom is -0.397 e. The van der Waals surface area contributed by atoms with Gasteiger partial charge in [-0.25, -0.2) is 13.6 Å². The van der Waals surface area contributed by atoms with E-state index in [9.17, 15) is 8.42 Å². The third-order valence-electron chi connectivity index (χ3n) is 2.89. The van der Waals surface area contributed by atoms with Crippen LogP contribution in [-0.2, 0) is 14.8 Å². The number of sulfonamides is 1. The van der Waals surface area contributed by atoms with E-state index in [0.29, 0.717) is 31.1 Å². The predicted molar refractivity (Wildman–Crippen MR) is 69.9 cm³/mol. The van der Waals surface area contributed by atoms with Crippen LogP contribution in [0.3, 0.4) is 0 Å². The molecule has 1 saturated heterocycles. The molecule has 100 valence electrons. The molecular formula is C11H17N3O3S. The van der Waals surface area contributed by atoms with Crippen LogP contribution in [0.15, 0.2) is 23.1 Å². The van der Waals surface area contributed by atoms with Crippen molar-refractivity contribution < 1.29 is 13.2 Å². The van der Waals surface area contributed by atoms with Gasteiger partial charge in [0.25, 0.3) is 0 Å². The molecule has 1 aliphatic rings. The zero-order valence-corrected chi connectivity index (χ0v) is 10.8. The lowest BCUT2D eigenvalue weighted by Gasteiger charge is -2.24. The van der Waals surface area contributed by atoms with Crippen LogP contribution in [0.1, 0.15) is 6.42 Å². The number of hydrogen-bond donors (Lipinski definition) is 2. The van der Waals surface area contributed by atoms with Gasteiger partial charge in [-0.3, -0.25) is 0 Å². The first-order chi connectivity index (χ1) is 8.48. The zero-order valence-electron chi connectivity index (χ0n) is 10.0. The smallest absolute Gasteiger partial charge is 0.238 e. The van der Waals surface area contributed by atoms with E-state index in [1.807, 2.05) is 4.90 Å². The minimum atomic E-state index is -3.70. The van der Waals surface area contributed by atoms with Crippen molar-refractivity contribution in [1.82, 2.24) is 0 Å². The maximum Gasteiger partial charge on any atom is 0.238 e. The zero-order chi connectivity index (χ0) is 13.2. The summed E-state index contributed by atoms with van der Waals surface area (Å²) in [4.78, 5) is 2.11. The van der Waals surface area contributed by atoms with Crippen LogP contribution in [-0.4, -0.2) is 34.7 Å². The summed E-state index contributed by atoms with van der Waals surface area (Å²) in [5.41, 5.74) is 7.14. The molecule has 0 unspecified atom stereocenters.